The van der Waals surface area contributed by atoms with Gasteiger partial charge in [0.25, 0.3) is 0 Å². The van der Waals surface area contributed by atoms with Crippen molar-refractivity contribution in [3.05, 3.63) is 72.2 Å². The van der Waals surface area contributed by atoms with Crippen LogP contribution in [0.25, 0.3) is 6.08 Å². The molecule has 24 heavy (non-hydrogen) atoms. The molecule has 0 spiro atoms. The second-order valence-corrected chi connectivity index (χ2v) is 5.97. The van der Waals surface area contributed by atoms with Gasteiger partial charge in [-0.25, -0.2) is 0 Å². The van der Waals surface area contributed by atoms with Crippen molar-refractivity contribution in [2.75, 3.05) is 0 Å². The molecule has 0 saturated carbocycles. The molecule has 1 aromatic heterocycles. The Kier molecular flexibility index (Phi) is 6.41. The maximum Gasteiger partial charge on any atom is 0.132 e. The van der Waals surface area contributed by atoms with Crippen molar-refractivity contribution in [1.82, 2.24) is 0 Å². The number of phenolic OH excluding ortho intramolecular Hbond substituents is 1. The van der Waals surface area contributed by atoms with Crippen LogP contribution in [-0.2, 0) is 0 Å². The van der Waals surface area contributed by atoms with Crippen LogP contribution in [0.4, 0.5) is 0 Å². The second-order valence-electron chi connectivity index (χ2n) is 5.97. The molecule has 2 aromatic rings. The normalized spacial score (nSPS) is 15.7. The van der Waals surface area contributed by atoms with Crippen LogP contribution in [-0.4, -0.2) is 21.4 Å². The van der Waals surface area contributed by atoms with E-state index in [1.54, 1.807) is 36.4 Å². The van der Waals surface area contributed by atoms with Gasteiger partial charge in [0.15, 0.2) is 0 Å². The number of allylic oxidation sites excluding steroid dienone is 1. The van der Waals surface area contributed by atoms with Gasteiger partial charge < -0.3 is 19.7 Å². The number of rotatable bonds is 8. The van der Waals surface area contributed by atoms with Gasteiger partial charge >= 0.3 is 0 Å². The highest BCUT2D eigenvalue weighted by Gasteiger charge is 2.27. The third-order valence-electron chi connectivity index (χ3n) is 4.03. The number of aliphatic hydroxyl groups is 2. The number of furan rings is 1. The summed E-state index contributed by atoms with van der Waals surface area (Å²) in [5.74, 6) is 0.153. The first kappa shape index (κ1) is 18.0. The quantitative estimate of drug-likeness (QED) is 0.639. The van der Waals surface area contributed by atoms with Crippen LogP contribution >= 0.6 is 0 Å². The molecule has 0 unspecified atom stereocenters. The minimum atomic E-state index is -0.914. The lowest BCUT2D eigenvalue weighted by molar-refractivity contribution is 0.0208. The van der Waals surface area contributed by atoms with E-state index in [-0.39, 0.29) is 5.75 Å². The molecule has 0 aliphatic heterocycles. The van der Waals surface area contributed by atoms with E-state index in [0.29, 0.717) is 18.6 Å². The summed E-state index contributed by atoms with van der Waals surface area (Å²) in [5.41, 5.74) is 1.99. The molecule has 0 aliphatic rings. The number of aromatic hydroxyl groups is 1. The molecular weight excluding hydrogens is 304 g/mol. The Bertz CT molecular complexity index is 673. The zero-order valence-electron chi connectivity index (χ0n) is 13.8. The van der Waals surface area contributed by atoms with E-state index in [1.165, 1.54) is 6.26 Å². The molecule has 128 valence electrons. The molecule has 0 aliphatic carbocycles. The fourth-order valence-electron chi connectivity index (χ4n) is 2.68. The molecule has 3 atom stereocenters. The Morgan fingerprint density at radius 2 is 2.04 bits per heavy atom. The van der Waals surface area contributed by atoms with Gasteiger partial charge in [-0.05, 0) is 49.6 Å². The van der Waals surface area contributed by atoms with Gasteiger partial charge in [-0.1, -0.05) is 29.9 Å². The number of hydrogen-bond donors (Lipinski definition) is 3. The van der Waals surface area contributed by atoms with Crippen LogP contribution in [0.2, 0.25) is 0 Å². The van der Waals surface area contributed by atoms with Crippen molar-refractivity contribution >= 4 is 6.08 Å². The van der Waals surface area contributed by atoms with Crippen LogP contribution in [0.3, 0.4) is 0 Å². The maximum atomic E-state index is 10.4. The maximum absolute atomic E-state index is 10.4. The van der Waals surface area contributed by atoms with Gasteiger partial charge in [0.05, 0.1) is 12.4 Å². The average molecular weight is 328 g/mol. The molecule has 4 nitrogen and oxygen atoms in total. The second kappa shape index (κ2) is 8.52. The summed E-state index contributed by atoms with van der Waals surface area (Å²) < 4.78 is 5.20. The molecule has 0 fully saturated rings. The lowest BCUT2D eigenvalue weighted by atomic mass is 9.90. The van der Waals surface area contributed by atoms with Gasteiger partial charge in [0, 0.05) is 5.92 Å². The minimum absolute atomic E-state index is 0.227. The third-order valence-corrected chi connectivity index (χ3v) is 4.03. The van der Waals surface area contributed by atoms with Crippen molar-refractivity contribution in [1.29, 1.82) is 0 Å². The largest absolute Gasteiger partial charge is 0.508 e. The van der Waals surface area contributed by atoms with Crippen LogP contribution in [0.1, 0.15) is 37.2 Å². The van der Waals surface area contributed by atoms with E-state index in [1.807, 2.05) is 19.1 Å². The Morgan fingerprint density at radius 3 is 2.67 bits per heavy atom. The van der Waals surface area contributed by atoms with Gasteiger partial charge in [-0.2, -0.15) is 0 Å². The predicted molar refractivity (Wildman–Crippen MR) is 94.4 cm³/mol. The Morgan fingerprint density at radius 1 is 1.25 bits per heavy atom. The molecule has 1 aromatic carbocycles. The van der Waals surface area contributed by atoms with Gasteiger partial charge in [0.1, 0.15) is 17.6 Å². The van der Waals surface area contributed by atoms with Crippen LogP contribution in [0.5, 0.6) is 5.75 Å². The Hall–Kier alpha value is -2.30. The fourth-order valence-corrected chi connectivity index (χ4v) is 2.68. The zero-order chi connectivity index (χ0) is 17.5. The number of aliphatic hydroxyl groups excluding tert-OH is 2. The number of benzene rings is 1. The molecule has 3 N–H and O–H groups in total. The lowest BCUT2D eigenvalue weighted by Gasteiger charge is -2.23. The van der Waals surface area contributed by atoms with Crippen molar-refractivity contribution in [2.24, 2.45) is 5.92 Å². The van der Waals surface area contributed by atoms with E-state index in [9.17, 15) is 15.3 Å². The smallest absolute Gasteiger partial charge is 0.132 e. The predicted octanol–water partition coefficient (Wildman–Crippen LogP) is 4.07. The first-order valence-corrected chi connectivity index (χ1v) is 7.99. The summed E-state index contributed by atoms with van der Waals surface area (Å²) >= 11 is 0. The van der Waals surface area contributed by atoms with E-state index in [4.69, 9.17) is 4.42 Å². The standard InChI is InChI=1S/C20H24O4/c1-3-17(20(23)19-8-5-11-24-19)18(22)10-9-14(2)12-15-6-4-7-16(21)13-15/h3-8,11-13,17-18,20-23H,1,9-10H2,2H3/b14-12+/t17-,18-,20+/m1/s1. The Labute approximate surface area is 142 Å². The minimum Gasteiger partial charge on any atom is -0.508 e. The SMILES string of the molecule is C=C[C@H]([C@H](O)CC/C(C)=C/c1cccc(O)c1)[C@H](O)c1ccco1. The summed E-state index contributed by atoms with van der Waals surface area (Å²) in [5, 5.41) is 30.2. The number of hydrogen-bond acceptors (Lipinski definition) is 4. The van der Waals surface area contributed by atoms with E-state index in [2.05, 4.69) is 6.58 Å². The fraction of sp³-hybridized carbons (Fsp3) is 0.300. The van der Waals surface area contributed by atoms with E-state index in [0.717, 1.165) is 11.1 Å². The molecular formula is C20H24O4. The summed E-state index contributed by atoms with van der Waals surface area (Å²) in [4.78, 5) is 0. The molecule has 2 rings (SSSR count). The van der Waals surface area contributed by atoms with E-state index < -0.39 is 18.1 Å². The third kappa shape index (κ3) is 4.85. The highest BCUT2D eigenvalue weighted by atomic mass is 16.4. The lowest BCUT2D eigenvalue weighted by Crippen LogP contribution is -2.24. The molecule has 0 amide bonds. The van der Waals surface area contributed by atoms with Crippen molar-refractivity contribution in [3.63, 3.8) is 0 Å². The Balaban J connectivity index is 1.95. The highest BCUT2D eigenvalue weighted by Crippen LogP contribution is 2.28. The molecule has 0 bridgehead atoms. The van der Waals surface area contributed by atoms with Gasteiger partial charge in [0.2, 0.25) is 0 Å². The monoisotopic (exact) mass is 328 g/mol. The number of phenols is 1. The van der Waals surface area contributed by atoms with E-state index >= 15 is 0 Å². The molecule has 4 heteroatoms. The van der Waals surface area contributed by atoms with Crippen LogP contribution < -0.4 is 0 Å². The first-order valence-electron chi connectivity index (χ1n) is 7.99. The summed E-state index contributed by atoms with van der Waals surface area (Å²) in [7, 11) is 0. The molecule has 0 saturated heterocycles. The average Bonchev–Trinajstić information content (AvgIpc) is 3.08. The van der Waals surface area contributed by atoms with Gasteiger partial charge in [-0.3, -0.25) is 0 Å². The topological polar surface area (TPSA) is 73.8 Å². The van der Waals surface area contributed by atoms with Crippen LogP contribution in [0.15, 0.2) is 65.3 Å². The zero-order valence-corrected chi connectivity index (χ0v) is 13.8. The van der Waals surface area contributed by atoms with Crippen molar-refractivity contribution in [3.8, 4) is 5.75 Å². The molecule has 0 radical (unpaired) electrons. The van der Waals surface area contributed by atoms with Crippen molar-refractivity contribution < 1.29 is 19.7 Å². The van der Waals surface area contributed by atoms with Gasteiger partial charge in [-0.15, -0.1) is 6.58 Å². The first-order chi connectivity index (χ1) is 11.5. The van der Waals surface area contributed by atoms with Crippen molar-refractivity contribution in [2.45, 2.75) is 32.0 Å². The highest BCUT2D eigenvalue weighted by molar-refractivity contribution is 5.54. The molecule has 1 heterocycles. The summed E-state index contributed by atoms with van der Waals surface area (Å²) in [6.07, 6.45) is 4.55. The summed E-state index contributed by atoms with van der Waals surface area (Å²) in [6, 6.07) is 10.4. The summed E-state index contributed by atoms with van der Waals surface area (Å²) in [6.45, 7) is 5.69. The van der Waals surface area contributed by atoms with Crippen LogP contribution in [0, 0.1) is 5.92 Å².